The van der Waals surface area contributed by atoms with Gasteiger partial charge in [0.1, 0.15) is 12.8 Å². The molecular weight excluding hydrogens is 524 g/mol. The molecule has 9 nitrogen and oxygen atoms in total. The summed E-state index contributed by atoms with van der Waals surface area (Å²) in [4.78, 5) is 21.1. The molecule has 0 aliphatic heterocycles. The van der Waals surface area contributed by atoms with Crippen LogP contribution in [0.2, 0.25) is 25.7 Å². The number of rotatable bonds is 13. The van der Waals surface area contributed by atoms with Crippen LogP contribution in [0.4, 0.5) is 0 Å². The van der Waals surface area contributed by atoms with Crippen LogP contribution in [-0.4, -0.2) is 59.7 Å². The predicted octanol–water partition coefficient (Wildman–Crippen LogP) is 6.22. The van der Waals surface area contributed by atoms with Crippen LogP contribution in [0.1, 0.15) is 39.5 Å². The summed E-state index contributed by atoms with van der Waals surface area (Å²) in [5, 5.41) is 4.49. The number of esters is 1. The molecule has 1 aromatic carbocycles. The number of pyridine rings is 1. The Morgan fingerprint density at radius 1 is 0.950 bits per heavy atom. The standard InChI is InChI=1S/C30H42N4O5Si/c1-6-37-29(35)24-12-15-26(16-13-24)39-27-17-14-25(20-31-27)22-8-10-23(11-9-22)28-32-30(38-7-2)33-34(28)21-36-18-19-40(3,4)5/h8-11,14,17,20,24,26H,6-7,12-13,15-16,18-19,21H2,1-5H3. The van der Waals surface area contributed by atoms with E-state index >= 15 is 0 Å². The van der Waals surface area contributed by atoms with Crippen LogP contribution in [0.5, 0.6) is 11.9 Å². The van der Waals surface area contributed by atoms with Crippen LogP contribution in [-0.2, 0) is 21.0 Å². The van der Waals surface area contributed by atoms with E-state index in [1.165, 1.54) is 0 Å². The van der Waals surface area contributed by atoms with Crippen molar-refractivity contribution < 1.29 is 23.7 Å². The van der Waals surface area contributed by atoms with Crippen LogP contribution in [0.3, 0.4) is 0 Å². The number of hydrogen-bond donors (Lipinski definition) is 0. The van der Waals surface area contributed by atoms with Gasteiger partial charge in [-0.1, -0.05) is 43.9 Å². The van der Waals surface area contributed by atoms with Crippen LogP contribution < -0.4 is 9.47 Å². The molecule has 1 saturated carbocycles. The maximum absolute atomic E-state index is 12.0. The molecule has 2 aromatic heterocycles. The van der Waals surface area contributed by atoms with Crippen molar-refractivity contribution in [2.75, 3.05) is 19.8 Å². The molecule has 0 saturated heterocycles. The molecule has 1 aliphatic rings. The minimum atomic E-state index is -1.17. The van der Waals surface area contributed by atoms with E-state index in [0.29, 0.717) is 44.3 Å². The third-order valence-corrected chi connectivity index (χ3v) is 8.63. The number of carbonyl (C=O) groups is 1. The average Bonchev–Trinajstić information content (AvgIpc) is 3.34. The highest BCUT2D eigenvalue weighted by Crippen LogP contribution is 2.29. The Balaban J connectivity index is 1.36. The molecule has 4 rings (SSSR count). The van der Waals surface area contributed by atoms with Gasteiger partial charge in [0.05, 0.1) is 19.1 Å². The van der Waals surface area contributed by atoms with Gasteiger partial charge in [-0.2, -0.15) is 4.98 Å². The Kier molecular flexibility index (Phi) is 10.3. The van der Waals surface area contributed by atoms with E-state index in [1.54, 1.807) is 4.68 Å². The van der Waals surface area contributed by atoms with Crippen LogP contribution in [0.15, 0.2) is 42.6 Å². The van der Waals surface area contributed by atoms with Gasteiger partial charge in [-0.25, -0.2) is 9.67 Å². The first-order valence-corrected chi connectivity index (χ1v) is 18.0. The molecule has 0 atom stereocenters. The monoisotopic (exact) mass is 566 g/mol. The zero-order chi connectivity index (χ0) is 28.5. The molecule has 0 bridgehead atoms. The Labute approximate surface area is 238 Å². The van der Waals surface area contributed by atoms with Crippen molar-refractivity contribution in [3.8, 4) is 34.4 Å². The second-order valence-electron chi connectivity index (χ2n) is 11.3. The van der Waals surface area contributed by atoms with E-state index < -0.39 is 8.07 Å². The maximum atomic E-state index is 12.0. The van der Waals surface area contributed by atoms with Crippen LogP contribution >= 0.6 is 0 Å². The van der Waals surface area contributed by atoms with Gasteiger partial charge < -0.3 is 18.9 Å². The van der Waals surface area contributed by atoms with Crippen LogP contribution in [0.25, 0.3) is 22.5 Å². The third kappa shape index (κ3) is 8.38. The summed E-state index contributed by atoms with van der Waals surface area (Å²) in [6, 6.07) is 13.5. The van der Waals surface area contributed by atoms with Gasteiger partial charge in [-0.3, -0.25) is 4.79 Å². The minimum Gasteiger partial charge on any atom is -0.474 e. The lowest BCUT2D eigenvalue weighted by Gasteiger charge is -2.27. The molecule has 0 radical (unpaired) electrons. The van der Waals surface area contributed by atoms with E-state index in [0.717, 1.165) is 48.4 Å². The first-order valence-electron chi connectivity index (χ1n) is 14.3. The van der Waals surface area contributed by atoms with Gasteiger partial charge in [-0.05, 0) is 57.2 Å². The average molecular weight is 567 g/mol. The second-order valence-corrected chi connectivity index (χ2v) is 16.9. The molecule has 1 aliphatic carbocycles. The fourth-order valence-electron chi connectivity index (χ4n) is 4.62. The van der Waals surface area contributed by atoms with E-state index in [-0.39, 0.29) is 18.0 Å². The number of aromatic nitrogens is 4. The predicted molar refractivity (Wildman–Crippen MR) is 157 cm³/mol. The number of nitrogens with zero attached hydrogens (tertiary/aromatic N) is 4. The van der Waals surface area contributed by atoms with Gasteiger partial charge in [0.2, 0.25) is 5.88 Å². The Bertz CT molecular complexity index is 1220. The van der Waals surface area contributed by atoms with Crippen molar-refractivity contribution in [1.29, 1.82) is 0 Å². The van der Waals surface area contributed by atoms with Crippen LogP contribution in [0, 0.1) is 5.92 Å². The SMILES string of the molecule is CCOC(=O)C1CCC(Oc2ccc(-c3ccc(-c4nc(OCC)nn4COCC[Si](C)(C)C)cc3)cn2)CC1. The molecule has 3 aromatic rings. The van der Waals surface area contributed by atoms with Gasteiger partial charge in [0, 0.05) is 38.1 Å². The molecular formula is C30H42N4O5Si. The molecule has 0 unspecified atom stereocenters. The van der Waals surface area contributed by atoms with Gasteiger partial charge in [-0.15, -0.1) is 5.10 Å². The Hall–Kier alpha value is -3.24. The smallest absolute Gasteiger partial charge is 0.336 e. The van der Waals surface area contributed by atoms with Crippen molar-refractivity contribution in [3.63, 3.8) is 0 Å². The van der Waals surface area contributed by atoms with Crippen molar-refractivity contribution >= 4 is 14.0 Å². The molecule has 40 heavy (non-hydrogen) atoms. The van der Waals surface area contributed by atoms with Crippen molar-refractivity contribution in [2.45, 2.75) is 78.1 Å². The summed E-state index contributed by atoms with van der Waals surface area (Å²) in [7, 11) is -1.17. The highest BCUT2D eigenvalue weighted by atomic mass is 28.3. The van der Waals surface area contributed by atoms with E-state index in [2.05, 4.69) is 46.8 Å². The number of ether oxygens (including phenoxy) is 4. The molecule has 0 N–H and O–H groups in total. The first kappa shape index (κ1) is 29.7. The summed E-state index contributed by atoms with van der Waals surface area (Å²) in [6.45, 7) is 12.7. The molecule has 2 heterocycles. The summed E-state index contributed by atoms with van der Waals surface area (Å²) in [6.07, 6.45) is 5.13. The number of carbonyl (C=O) groups excluding carboxylic acids is 1. The fraction of sp³-hybridized carbons (Fsp3) is 0.533. The van der Waals surface area contributed by atoms with Crippen molar-refractivity contribution in [2.24, 2.45) is 5.92 Å². The van der Waals surface area contributed by atoms with Gasteiger partial charge in [0.15, 0.2) is 5.82 Å². The van der Waals surface area contributed by atoms with E-state index in [1.807, 2.05) is 44.3 Å². The number of benzene rings is 1. The fourth-order valence-corrected chi connectivity index (χ4v) is 5.38. The second kappa shape index (κ2) is 13.9. The molecule has 1 fully saturated rings. The Morgan fingerprint density at radius 3 is 2.27 bits per heavy atom. The number of hydrogen-bond acceptors (Lipinski definition) is 8. The largest absolute Gasteiger partial charge is 0.474 e. The Morgan fingerprint density at radius 2 is 1.65 bits per heavy atom. The summed E-state index contributed by atoms with van der Waals surface area (Å²) in [5.41, 5.74) is 2.97. The topological polar surface area (TPSA) is 97.6 Å². The zero-order valence-electron chi connectivity index (χ0n) is 24.4. The summed E-state index contributed by atoms with van der Waals surface area (Å²) in [5.74, 6) is 1.21. The highest BCUT2D eigenvalue weighted by molar-refractivity contribution is 6.76. The summed E-state index contributed by atoms with van der Waals surface area (Å²) >= 11 is 0. The van der Waals surface area contributed by atoms with E-state index in [4.69, 9.17) is 18.9 Å². The quantitative estimate of drug-likeness (QED) is 0.137. The minimum absolute atomic E-state index is 0.0137. The highest BCUT2D eigenvalue weighted by Gasteiger charge is 2.28. The van der Waals surface area contributed by atoms with Crippen molar-refractivity contribution in [1.82, 2.24) is 19.7 Å². The lowest BCUT2D eigenvalue weighted by atomic mass is 9.87. The lowest BCUT2D eigenvalue weighted by molar-refractivity contribution is -0.149. The zero-order valence-corrected chi connectivity index (χ0v) is 25.4. The molecule has 216 valence electrons. The van der Waals surface area contributed by atoms with Gasteiger partial charge in [0.25, 0.3) is 0 Å². The summed E-state index contributed by atoms with van der Waals surface area (Å²) < 4.78 is 24.5. The van der Waals surface area contributed by atoms with E-state index in [9.17, 15) is 4.79 Å². The van der Waals surface area contributed by atoms with Crippen molar-refractivity contribution in [3.05, 3.63) is 42.6 Å². The molecule has 10 heteroatoms. The molecule has 0 amide bonds. The molecule has 0 spiro atoms. The maximum Gasteiger partial charge on any atom is 0.336 e. The normalized spacial score (nSPS) is 17.4. The first-order chi connectivity index (χ1) is 19.3. The van der Waals surface area contributed by atoms with Gasteiger partial charge >= 0.3 is 12.0 Å². The third-order valence-electron chi connectivity index (χ3n) is 6.93. The lowest BCUT2D eigenvalue weighted by Crippen LogP contribution is -2.29.